The second-order valence-corrected chi connectivity index (χ2v) is 12.8. The monoisotopic (exact) mass is 644 g/mol. The number of amides is 2. The second-order valence-electron chi connectivity index (χ2n) is 12.0. The van der Waals surface area contributed by atoms with Crippen LogP contribution in [0.2, 0.25) is 10.0 Å². The Morgan fingerprint density at radius 2 is 1.56 bits per heavy atom. The van der Waals surface area contributed by atoms with Gasteiger partial charge in [-0.2, -0.15) is 0 Å². The predicted molar refractivity (Wildman–Crippen MR) is 174 cm³/mol. The van der Waals surface area contributed by atoms with E-state index in [9.17, 15) is 9.59 Å². The maximum atomic E-state index is 13.5. The summed E-state index contributed by atoms with van der Waals surface area (Å²) in [5, 5.41) is 1.09. The highest BCUT2D eigenvalue weighted by molar-refractivity contribution is 6.42. The SMILES string of the molecule is Cc1cc(C)cc(CC(=O)N2CCCC(CCN3CCN(C(C)(C)C(N)=O)CC3)(c3ccc(Cl)c(Cl)c3)C2)c1.Cl.Cl. The standard InChI is InChI=1S/C31H42Cl2N4O2.2ClH/c1-22-16-23(2)18-24(17-22)19-28(38)36-10-5-8-31(21-36,25-6-7-26(32)27(33)20-25)9-11-35-12-14-37(15-13-35)30(3,4)29(34)39;;/h6-7,16-18,20H,5,8-15,19,21H2,1-4H3,(H2,34,39);2*1H. The summed E-state index contributed by atoms with van der Waals surface area (Å²) in [5.41, 5.74) is 9.38. The topological polar surface area (TPSA) is 69.9 Å². The fraction of sp³-hybridized carbons (Fsp3) is 0.548. The molecular weight excluding hydrogens is 602 g/mol. The van der Waals surface area contributed by atoms with Crippen molar-refractivity contribution in [1.29, 1.82) is 0 Å². The summed E-state index contributed by atoms with van der Waals surface area (Å²) in [6.45, 7) is 13.7. The van der Waals surface area contributed by atoms with Crippen LogP contribution in [0.25, 0.3) is 0 Å². The van der Waals surface area contributed by atoms with Crippen LogP contribution in [0.1, 0.15) is 55.4 Å². The van der Waals surface area contributed by atoms with E-state index in [0.717, 1.165) is 69.7 Å². The number of hydrogen-bond donors (Lipinski definition) is 1. The molecule has 1 unspecified atom stereocenters. The van der Waals surface area contributed by atoms with Crippen molar-refractivity contribution in [3.63, 3.8) is 0 Å². The van der Waals surface area contributed by atoms with Gasteiger partial charge in [0.15, 0.2) is 0 Å². The van der Waals surface area contributed by atoms with Gasteiger partial charge in [0.1, 0.15) is 0 Å². The molecule has 0 spiro atoms. The van der Waals surface area contributed by atoms with Crippen molar-refractivity contribution >= 4 is 59.8 Å². The molecule has 0 saturated carbocycles. The number of piperazine rings is 1. The van der Waals surface area contributed by atoms with Crippen LogP contribution in [0.4, 0.5) is 0 Å². The van der Waals surface area contributed by atoms with E-state index in [0.29, 0.717) is 23.0 Å². The molecule has 1 atom stereocenters. The number of carbonyl (C=O) groups is 2. The van der Waals surface area contributed by atoms with Crippen molar-refractivity contribution in [2.45, 2.75) is 64.3 Å². The van der Waals surface area contributed by atoms with Crippen molar-refractivity contribution in [1.82, 2.24) is 14.7 Å². The van der Waals surface area contributed by atoms with E-state index in [1.807, 2.05) is 26.0 Å². The van der Waals surface area contributed by atoms with E-state index in [4.69, 9.17) is 28.9 Å². The van der Waals surface area contributed by atoms with Crippen LogP contribution in [0, 0.1) is 13.8 Å². The summed E-state index contributed by atoms with van der Waals surface area (Å²) in [6, 6.07) is 12.3. The molecule has 2 aliphatic heterocycles. The molecular formula is C31H44Cl4N4O2. The highest BCUT2D eigenvalue weighted by Gasteiger charge is 2.40. The Labute approximate surface area is 267 Å². The number of aryl methyl sites for hydroxylation is 2. The summed E-state index contributed by atoms with van der Waals surface area (Å²) >= 11 is 12.8. The van der Waals surface area contributed by atoms with Crippen molar-refractivity contribution in [3.05, 3.63) is 68.7 Å². The molecule has 0 aromatic heterocycles. The van der Waals surface area contributed by atoms with Crippen LogP contribution in [0.5, 0.6) is 0 Å². The molecule has 6 nitrogen and oxygen atoms in total. The third-order valence-electron chi connectivity index (χ3n) is 8.77. The first kappa shape index (κ1) is 35.7. The van der Waals surface area contributed by atoms with Gasteiger partial charge in [0.05, 0.1) is 22.0 Å². The van der Waals surface area contributed by atoms with Gasteiger partial charge in [-0.05, 0) is 76.8 Å². The molecule has 0 bridgehead atoms. The number of nitrogens with zero attached hydrogens (tertiary/aromatic N) is 3. The van der Waals surface area contributed by atoms with Gasteiger partial charge in [-0.1, -0.05) is 58.6 Å². The molecule has 2 N–H and O–H groups in total. The zero-order chi connectivity index (χ0) is 28.4. The lowest BCUT2D eigenvalue weighted by atomic mass is 9.71. The summed E-state index contributed by atoms with van der Waals surface area (Å²) in [5.74, 6) is -0.117. The van der Waals surface area contributed by atoms with Gasteiger partial charge in [0.2, 0.25) is 11.8 Å². The van der Waals surface area contributed by atoms with E-state index >= 15 is 0 Å². The molecule has 2 fully saturated rings. The number of hydrogen-bond acceptors (Lipinski definition) is 4. The van der Waals surface area contributed by atoms with Crippen LogP contribution in [-0.2, 0) is 21.4 Å². The lowest BCUT2D eigenvalue weighted by Crippen LogP contribution is -2.60. The Morgan fingerprint density at radius 1 is 0.927 bits per heavy atom. The predicted octanol–water partition coefficient (Wildman–Crippen LogP) is 5.83. The normalized spacial score (nSPS) is 20.2. The molecule has 2 saturated heterocycles. The van der Waals surface area contributed by atoms with Crippen molar-refractivity contribution in [2.75, 3.05) is 45.8 Å². The molecule has 2 heterocycles. The summed E-state index contributed by atoms with van der Waals surface area (Å²) in [7, 11) is 0. The quantitative estimate of drug-likeness (QED) is 0.392. The number of benzene rings is 2. The minimum Gasteiger partial charge on any atom is -0.368 e. The zero-order valence-corrected chi connectivity index (χ0v) is 27.7. The molecule has 41 heavy (non-hydrogen) atoms. The van der Waals surface area contributed by atoms with Crippen molar-refractivity contribution < 1.29 is 9.59 Å². The van der Waals surface area contributed by atoms with Gasteiger partial charge in [-0.25, -0.2) is 0 Å². The van der Waals surface area contributed by atoms with E-state index < -0.39 is 5.54 Å². The zero-order valence-electron chi connectivity index (χ0n) is 24.6. The molecule has 2 amide bonds. The van der Waals surface area contributed by atoms with Crippen LogP contribution < -0.4 is 5.73 Å². The Morgan fingerprint density at radius 3 is 2.15 bits per heavy atom. The summed E-state index contributed by atoms with van der Waals surface area (Å²) in [4.78, 5) is 32.2. The van der Waals surface area contributed by atoms with Crippen LogP contribution in [0.3, 0.4) is 0 Å². The Balaban J connectivity index is 0.00000294. The van der Waals surface area contributed by atoms with Gasteiger partial charge in [-0.3, -0.25) is 14.5 Å². The second kappa shape index (κ2) is 14.8. The Kier molecular flexibility index (Phi) is 12.8. The first-order valence-corrected chi connectivity index (χ1v) is 14.7. The first-order chi connectivity index (χ1) is 18.4. The minimum atomic E-state index is -0.645. The molecule has 2 aliphatic rings. The molecule has 0 radical (unpaired) electrons. The number of likely N-dealkylation sites (tertiary alicyclic amines) is 1. The summed E-state index contributed by atoms with van der Waals surface area (Å²) < 4.78 is 0. The lowest BCUT2D eigenvalue weighted by Gasteiger charge is -2.46. The molecule has 10 heteroatoms. The molecule has 0 aliphatic carbocycles. The van der Waals surface area contributed by atoms with Crippen LogP contribution in [0.15, 0.2) is 36.4 Å². The van der Waals surface area contributed by atoms with Crippen molar-refractivity contribution in [2.24, 2.45) is 5.73 Å². The first-order valence-electron chi connectivity index (χ1n) is 14.0. The Hall–Kier alpha value is -1.54. The maximum absolute atomic E-state index is 13.5. The highest BCUT2D eigenvalue weighted by Crippen LogP contribution is 2.40. The average Bonchev–Trinajstić information content (AvgIpc) is 2.88. The summed E-state index contributed by atoms with van der Waals surface area (Å²) in [6.07, 6.45) is 3.27. The Bertz CT molecular complexity index is 1200. The number of piperidine rings is 1. The van der Waals surface area contributed by atoms with Crippen LogP contribution >= 0.6 is 48.0 Å². The molecule has 2 aromatic carbocycles. The van der Waals surface area contributed by atoms with Gasteiger partial charge in [-0.15, -0.1) is 24.8 Å². The third kappa shape index (κ3) is 8.52. The number of halogens is 4. The molecule has 4 rings (SSSR count). The number of carbonyl (C=O) groups excluding carboxylic acids is 2. The largest absolute Gasteiger partial charge is 0.368 e. The maximum Gasteiger partial charge on any atom is 0.237 e. The van der Waals surface area contributed by atoms with E-state index in [-0.39, 0.29) is 42.0 Å². The van der Waals surface area contributed by atoms with Gasteiger partial charge in [0.25, 0.3) is 0 Å². The fourth-order valence-corrected chi connectivity index (χ4v) is 6.57. The fourth-order valence-electron chi connectivity index (χ4n) is 6.27. The smallest absolute Gasteiger partial charge is 0.237 e. The van der Waals surface area contributed by atoms with E-state index in [2.05, 4.69) is 52.8 Å². The highest BCUT2D eigenvalue weighted by atomic mass is 35.5. The third-order valence-corrected chi connectivity index (χ3v) is 9.51. The molecule has 228 valence electrons. The van der Waals surface area contributed by atoms with Gasteiger partial charge >= 0.3 is 0 Å². The van der Waals surface area contributed by atoms with Crippen LogP contribution in [-0.4, -0.2) is 77.9 Å². The molecule has 2 aromatic rings. The minimum absolute atomic E-state index is 0. The lowest BCUT2D eigenvalue weighted by molar-refractivity contribution is -0.133. The van der Waals surface area contributed by atoms with Gasteiger partial charge < -0.3 is 15.5 Å². The van der Waals surface area contributed by atoms with Crippen molar-refractivity contribution in [3.8, 4) is 0 Å². The van der Waals surface area contributed by atoms with E-state index in [1.165, 1.54) is 11.1 Å². The number of primary amides is 1. The number of nitrogens with two attached hydrogens (primary N) is 1. The van der Waals surface area contributed by atoms with E-state index in [1.54, 1.807) is 0 Å². The number of rotatable bonds is 8. The average molecular weight is 647 g/mol. The van der Waals surface area contributed by atoms with Gasteiger partial charge in [0, 0.05) is 44.7 Å².